The minimum absolute atomic E-state index is 0.0617. The zero-order valence-corrected chi connectivity index (χ0v) is 18.7. The van der Waals surface area contributed by atoms with E-state index >= 15 is 0 Å². The Morgan fingerprint density at radius 3 is 2.38 bits per heavy atom. The second-order valence-corrected chi connectivity index (χ2v) is 11.1. The molecule has 3 aliphatic rings. The molecule has 1 heterocycles. The predicted octanol–water partition coefficient (Wildman–Crippen LogP) is 4.68. The molecular weight excluding hydrogens is 366 g/mol. The van der Waals surface area contributed by atoms with Gasteiger partial charge in [-0.1, -0.05) is 51.1 Å². The molecule has 2 aliphatic carbocycles. The maximum Gasteiger partial charge on any atom is 0.412 e. The predicted molar refractivity (Wildman–Crippen MR) is 111 cm³/mol. The van der Waals surface area contributed by atoms with Crippen LogP contribution >= 0.6 is 0 Å². The highest BCUT2D eigenvalue weighted by Crippen LogP contribution is 2.69. The molecule has 2 saturated carbocycles. The van der Waals surface area contributed by atoms with Crippen molar-refractivity contribution in [3.05, 3.63) is 35.9 Å². The van der Waals surface area contributed by atoms with E-state index < -0.39 is 23.5 Å². The van der Waals surface area contributed by atoms with E-state index in [2.05, 4.69) is 20.8 Å². The summed E-state index contributed by atoms with van der Waals surface area (Å²) in [5.41, 5.74) is -1.25. The van der Waals surface area contributed by atoms with Gasteiger partial charge in [-0.25, -0.2) is 4.79 Å². The van der Waals surface area contributed by atoms with Crippen LogP contribution < -0.4 is 0 Å². The van der Waals surface area contributed by atoms with Gasteiger partial charge in [0.1, 0.15) is 11.2 Å². The first-order chi connectivity index (χ1) is 13.3. The number of ether oxygens (including phenoxy) is 2. The summed E-state index contributed by atoms with van der Waals surface area (Å²) in [6.45, 7) is 14.2. The summed E-state index contributed by atoms with van der Waals surface area (Å²) in [4.78, 5) is 15.2. The summed E-state index contributed by atoms with van der Waals surface area (Å²) in [7, 11) is 0. The van der Waals surface area contributed by atoms with E-state index in [1.807, 2.05) is 51.1 Å². The van der Waals surface area contributed by atoms with E-state index in [-0.39, 0.29) is 23.0 Å². The largest absolute Gasteiger partial charge is 0.444 e. The van der Waals surface area contributed by atoms with Gasteiger partial charge in [0.15, 0.2) is 6.23 Å². The highest BCUT2D eigenvalue weighted by molar-refractivity contribution is 5.70. The van der Waals surface area contributed by atoms with Crippen LogP contribution in [0.2, 0.25) is 0 Å². The Labute approximate surface area is 174 Å². The van der Waals surface area contributed by atoms with E-state index in [1.165, 1.54) is 0 Å². The lowest BCUT2D eigenvalue weighted by atomic mass is 9.68. The van der Waals surface area contributed by atoms with Crippen LogP contribution in [0.1, 0.15) is 66.9 Å². The molecule has 0 radical (unpaired) electrons. The number of rotatable bonds is 2. The van der Waals surface area contributed by atoms with Gasteiger partial charge in [-0.2, -0.15) is 0 Å². The molecule has 1 aromatic rings. The number of carbonyl (C=O) groups excluding carboxylic acids is 1. The summed E-state index contributed by atoms with van der Waals surface area (Å²) >= 11 is 0. The molecule has 160 valence electrons. The van der Waals surface area contributed by atoms with Crippen molar-refractivity contribution < 1.29 is 19.4 Å². The van der Waals surface area contributed by atoms with E-state index in [0.717, 1.165) is 18.4 Å². The van der Waals surface area contributed by atoms with Crippen LogP contribution in [0.5, 0.6) is 0 Å². The van der Waals surface area contributed by atoms with E-state index in [9.17, 15) is 9.90 Å². The van der Waals surface area contributed by atoms with Gasteiger partial charge in [-0.3, -0.25) is 4.90 Å². The van der Waals surface area contributed by atoms with Crippen molar-refractivity contribution in [3.8, 4) is 0 Å². The molecular formula is C24H35NO4. The van der Waals surface area contributed by atoms with Gasteiger partial charge in [0.2, 0.25) is 0 Å². The summed E-state index contributed by atoms with van der Waals surface area (Å²) in [5.74, 6) is 0.360. The van der Waals surface area contributed by atoms with Gasteiger partial charge in [0.05, 0.1) is 12.1 Å². The fraction of sp³-hybridized carbons (Fsp3) is 0.708. The Morgan fingerprint density at radius 1 is 1.17 bits per heavy atom. The molecule has 3 fully saturated rings. The van der Waals surface area contributed by atoms with E-state index in [1.54, 1.807) is 11.8 Å². The van der Waals surface area contributed by atoms with Crippen molar-refractivity contribution in [2.45, 2.75) is 90.9 Å². The molecule has 5 nitrogen and oxygen atoms in total. The highest BCUT2D eigenvalue weighted by atomic mass is 16.6. The third kappa shape index (κ3) is 2.84. The third-order valence-corrected chi connectivity index (χ3v) is 8.02. The molecule has 5 heteroatoms. The zero-order valence-electron chi connectivity index (χ0n) is 18.7. The molecule has 2 bridgehead atoms. The summed E-state index contributed by atoms with van der Waals surface area (Å²) in [6.07, 6.45) is 0.861. The van der Waals surface area contributed by atoms with Crippen molar-refractivity contribution in [1.29, 1.82) is 0 Å². The number of hydrogen-bond acceptors (Lipinski definition) is 4. The SMILES string of the molecule is CC(C)(C)OC(=O)N1[C@H]([C@@](C)(O)c2ccccc2)O[C@@H]2[C@H]3CC[C@@](C)([C@@H]21)C3(C)C. The minimum atomic E-state index is -1.34. The van der Waals surface area contributed by atoms with E-state index in [0.29, 0.717) is 5.92 Å². The normalized spacial score (nSPS) is 37.3. The Hall–Kier alpha value is -1.59. The van der Waals surface area contributed by atoms with Crippen LogP contribution in [0.15, 0.2) is 30.3 Å². The molecule has 6 atom stereocenters. The molecule has 0 unspecified atom stereocenters. The van der Waals surface area contributed by atoms with Gasteiger partial charge in [-0.05, 0) is 62.8 Å². The molecule has 4 rings (SSSR count). The number of amides is 1. The maximum absolute atomic E-state index is 13.4. The van der Waals surface area contributed by atoms with Crippen LogP contribution in [0.3, 0.4) is 0 Å². The lowest BCUT2D eigenvalue weighted by Crippen LogP contribution is -2.57. The Morgan fingerprint density at radius 2 is 1.79 bits per heavy atom. The Kier molecular flexibility index (Phi) is 4.43. The number of hydrogen-bond donors (Lipinski definition) is 1. The fourth-order valence-electron chi connectivity index (χ4n) is 6.09. The van der Waals surface area contributed by atoms with E-state index in [4.69, 9.17) is 9.47 Å². The average Bonchev–Trinajstić information content (AvgIpc) is 3.17. The second kappa shape index (κ2) is 6.21. The Balaban J connectivity index is 1.78. The topological polar surface area (TPSA) is 59.0 Å². The first kappa shape index (κ1) is 20.7. The first-order valence-corrected chi connectivity index (χ1v) is 10.8. The smallest absolute Gasteiger partial charge is 0.412 e. The number of nitrogens with zero attached hydrogens (tertiary/aromatic N) is 1. The number of aliphatic hydroxyl groups is 1. The zero-order chi connectivity index (χ0) is 21.4. The highest BCUT2D eigenvalue weighted by Gasteiger charge is 2.73. The third-order valence-electron chi connectivity index (χ3n) is 8.02. The monoisotopic (exact) mass is 401 g/mol. The molecule has 29 heavy (non-hydrogen) atoms. The van der Waals surface area contributed by atoms with Crippen molar-refractivity contribution >= 4 is 6.09 Å². The van der Waals surface area contributed by atoms with Gasteiger partial charge >= 0.3 is 6.09 Å². The molecule has 1 N–H and O–H groups in total. The number of fused-ring (bicyclic) bond motifs is 5. The van der Waals surface area contributed by atoms with Gasteiger partial charge in [0, 0.05) is 0 Å². The first-order valence-electron chi connectivity index (χ1n) is 10.8. The molecule has 1 aromatic carbocycles. The Bertz CT molecular complexity index is 797. The quantitative estimate of drug-likeness (QED) is 0.782. The molecule has 1 amide bonds. The lowest BCUT2D eigenvalue weighted by molar-refractivity contribution is -0.153. The van der Waals surface area contributed by atoms with Crippen LogP contribution in [-0.4, -0.2) is 40.1 Å². The average molecular weight is 402 g/mol. The maximum atomic E-state index is 13.4. The fourth-order valence-corrected chi connectivity index (χ4v) is 6.09. The van der Waals surface area contributed by atoms with Gasteiger partial charge in [-0.15, -0.1) is 0 Å². The molecule has 0 aromatic heterocycles. The summed E-state index contributed by atoms with van der Waals surface area (Å²) in [6, 6.07) is 9.36. The second-order valence-electron chi connectivity index (χ2n) is 11.1. The number of benzene rings is 1. The van der Waals surface area contributed by atoms with Crippen molar-refractivity contribution in [2.75, 3.05) is 0 Å². The van der Waals surface area contributed by atoms with Gasteiger partial charge < -0.3 is 14.6 Å². The van der Waals surface area contributed by atoms with Crippen molar-refractivity contribution in [2.24, 2.45) is 16.7 Å². The van der Waals surface area contributed by atoms with Crippen molar-refractivity contribution in [1.82, 2.24) is 4.90 Å². The summed E-state index contributed by atoms with van der Waals surface area (Å²) in [5, 5.41) is 11.6. The van der Waals surface area contributed by atoms with Crippen molar-refractivity contribution in [3.63, 3.8) is 0 Å². The standard InChI is InChI=1S/C24H35NO4/c1-21(2,3)29-20(26)25-18-17(16-13-14-23(18,6)22(16,4)5)28-19(25)24(7,27)15-11-9-8-10-12-15/h8-12,16-19,27H,13-14H2,1-7H3/t16-,17-,18-,19+,23+,24+/m1/s1. The van der Waals surface area contributed by atoms with Crippen LogP contribution in [0.25, 0.3) is 0 Å². The molecule has 1 aliphatic heterocycles. The molecule has 0 spiro atoms. The number of carbonyl (C=O) groups is 1. The minimum Gasteiger partial charge on any atom is -0.444 e. The van der Waals surface area contributed by atoms with Crippen LogP contribution in [0, 0.1) is 16.7 Å². The summed E-state index contributed by atoms with van der Waals surface area (Å²) < 4.78 is 12.4. The van der Waals surface area contributed by atoms with Crippen LogP contribution in [-0.2, 0) is 15.1 Å². The molecule has 1 saturated heterocycles. The lowest BCUT2D eigenvalue weighted by Gasteiger charge is -2.45. The van der Waals surface area contributed by atoms with Crippen LogP contribution in [0.4, 0.5) is 4.79 Å². The van der Waals surface area contributed by atoms with Gasteiger partial charge in [0.25, 0.3) is 0 Å².